The number of nitrogens with one attached hydrogen (secondary N) is 1. The van der Waals surface area contributed by atoms with Crippen LogP contribution in [0.4, 0.5) is 30.2 Å². The van der Waals surface area contributed by atoms with E-state index in [0.717, 1.165) is 12.1 Å². The van der Waals surface area contributed by atoms with Gasteiger partial charge in [0, 0.05) is 6.07 Å². The van der Waals surface area contributed by atoms with Crippen molar-refractivity contribution in [2.45, 2.75) is 0 Å². The molecule has 3 N–H and O–H groups in total. The lowest BCUT2D eigenvalue weighted by molar-refractivity contribution is 0.512. The molecule has 2 aromatic carbocycles. The summed E-state index contributed by atoms with van der Waals surface area (Å²) in [6.07, 6.45) is 0. The molecule has 2 nitrogen and oxygen atoms in total. The summed E-state index contributed by atoms with van der Waals surface area (Å²) in [7, 11) is 0. The summed E-state index contributed by atoms with van der Waals surface area (Å²) in [5, 5.41) is 2.55. The monoisotopic (exact) mass is 316 g/mol. The fourth-order valence-corrected chi connectivity index (χ4v) is 1.78. The van der Waals surface area contributed by atoms with Crippen LogP contribution in [-0.4, -0.2) is 0 Å². The van der Waals surface area contributed by atoms with Crippen LogP contribution in [-0.2, 0) is 0 Å². The van der Waals surface area contributed by atoms with Crippen molar-refractivity contribution in [3.63, 3.8) is 0 Å². The van der Waals surface area contributed by atoms with Gasteiger partial charge < -0.3 is 11.1 Å². The van der Waals surface area contributed by atoms with Gasteiger partial charge in [-0.15, -0.1) is 0 Å². The average molecular weight is 317 g/mol. The third-order valence-corrected chi connectivity index (χ3v) is 2.92. The number of hydrogen-bond donors (Lipinski definition) is 2. The number of nitrogen functional groups attached to an aromatic ring is 1. The second kappa shape index (κ2) is 4.89. The first kappa shape index (κ1) is 12.8. The average Bonchev–Trinajstić information content (AvgIpc) is 2.32. The molecule has 18 heavy (non-hydrogen) atoms. The summed E-state index contributed by atoms with van der Waals surface area (Å²) < 4.78 is 39.9. The molecule has 0 saturated heterocycles. The predicted molar refractivity (Wildman–Crippen MR) is 68.2 cm³/mol. The maximum Gasteiger partial charge on any atom is 0.182 e. The van der Waals surface area contributed by atoms with E-state index < -0.39 is 17.5 Å². The van der Waals surface area contributed by atoms with Crippen LogP contribution >= 0.6 is 15.9 Å². The Hall–Kier alpha value is -1.69. The van der Waals surface area contributed by atoms with Gasteiger partial charge in [-0.1, -0.05) is 6.07 Å². The van der Waals surface area contributed by atoms with E-state index in [4.69, 9.17) is 5.73 Å². The Morgan fingerprint density at radius 3 is 2.44 bits per heavy atom. The summed E-state index contributed by atoms with van der Waals surface area (Å²) in [5.41, 5.74) is 5.92. The quantitative estimate of drug-likeness (QED) is 0.815. The molecule has 0 amide bonds. The van der Waals surface area contributed by atoms with Crippen molar-refractivity contribution >= 4 is 33.0 Å². The van der Waals surface area contributed by atoms with E-state index in [9.17, 15) is 13.2 Å². The van der Waals surface area contributed by atoms with Crippen molar-refractivity contribution in [1.29, 1.82) is 0 Å². The molecule has 2 aromatic rings. The van der Waals surface area contributed by atoms with Crippen molar-refractivity contribution in [1.82, 2.24) is 0 Å². The fourth-order valence-electron chi connectivity index (χ4n) is 1.42. The highest BCUT2D eigenvalue weighted by Gasteiger charge is 2.11. The number of hydrogen-bond acceptors (Lipinski definition) is 2. The predicted octanol–water partition coefficient (Wildman–Crippen LogP) is 4.19. The first-order valence-electron chi connectivity index (χ1n) is 4.94. The van der Waals surface area contributed by atoms with Gasteiger partial charge in [0.1, 0.15) is 5.82 Å². The number of halogens is 4. The zero-order chi connectivity index (χ0) is 13.3. The van der Waals surface area contributed by atoms with E-state index in [0.29, 0.717) is 0 Å². The molecule has 0 aliphatic carbocycles. The van der Waals surface area contributed by atoms with Crippen LogP contribution in [0.15, 0.2) is 34.8 Å². The van der Waals surface area contributed by atoms with Gasteiger partial charge in [-0.2, -0.15) is 0 Å². The highest BCUT2D eigenvalue weighted by atomic mass is 79.9. The van der Waals surface area contributed by atoms with Gasteiger partial charge in [0.2, 0.25) is 0 Å². The third kappa shape index (κ3) is 2.43. The smallest absolute Gasteiger partial charge is 0.182 e. The Morgan fingerprint density at radius 2 is 1.72 bits per heavy atom. The third-order valence-electron chi connectivity index (χ3n) is 2.31. The number of nitrogens with two attached hydrogens (primary N) is 1. The van der Waals surface area contributed by atoms with Gasteiger partial charge in [-0.3, -0.25) is 0 Å². The lowest BCUT2D eigenvalue weighted by atomic mass is 10.2. The second-order valence-electron chi connectivity index (χ2n) is 3.58. The molecule has 0 fully saturated rings. The van der Waals surface area contributed by atoms with Crippen LogP contribution in [0.5, 0.6) is 0 Å². The highest BCUT2D eigenvalue weighted by Crippen LogP contribution is 2.30. The topological polar surface area (TPSA) is 38.0 Å². The molecule has 0 spiro atoms. The van der Waals surface area contributed by atoms with E-state index in [1.807, 2.05) is 0 Å². The highest BCUT2D eigenvalue weighted by molar-refractivity contribution is 9.10. The summed E-state index contributed by atoms with van der Waals surface area (Å²) in [6, 6.07) is 6.11. The largest absolute Gasteiger partial charge is 0.397 e. The van der Waals surface area contributed by atoms with Crippen LogP contribution in [0.1, 0.15) is 0 Å². The fraction of sp³-hybridized carbons (Fsp3) is 0. The summed E-state index contributed by atoms with van der Waals surface area (Å²) in [6.45, 7) is 0. The molecule has 2 rings (SSSR count). The van der Waals surface area contributed by atoms with Crippen molar-refractivity contribution in [3.05, 3.63) is 52.3 Å². The first-order valence-corrected chi connectivity index (χ1v) is 5.74. The summed E-state index contributed by atoms with van der Waals surface area (Å²) >= 11 is 2.97. The maximum atomic E-state index is 13.4. The van der Waals surface area contributed by atoms with Crippen molar-refractivity contribution in [2.24, 2.45) is 0 Å². The Kier molecular flexibility index (Phi) is 3.47. The summed E-state index contributed by atoms with van der Waals surface area (Å²) in [5.74, 6) is -2.58. The molecule has 0 bridgehead atoms. The number of anilines is 3. The zero-order valence-corrected chi connectivity index (χ0v) is 10.6. The van der Waals surface area contributed by atoms with Crippen molar-refractivity contribution in [2.75, 3.05) is 11.1 Å². The lowest BCUT2D eigenvalue weighted by Gasteiger charge is -2.11. The molecule has 0 unspecified atom stereocenters. The van der Waals surface area contributed by atoms with Gasteiger partial charge in [-0.05, 0) is 34.1 Å². The van der Waals surface area contributed by atoms with Crippen LogP contribution in [0.2, 0.25) is 0 Å². The Labute approximate surface area is 110 Å². The Morgan fingerprint density at radius 1 is 1.00 bits per heavy atom. The molecule has 0 aromatic heterocycles. The van der Waals surface area contributed by atoms with Crippen LogP contribution in [0, 0.1) is 17.5 Å². The first-order chi connectivity index (χ1) is 8.49. The van der Waals surface area contributed by atoms with Crippen molar-refractivity contribution in [3.8, 4) is 0 Å². The molecule has 6 heteroatoms. The Bertz CT molecular complexity index is 602. The van der Waals surface area contributed by atoms with E-state index in [-0.39, 0.29) is 21.5 Å². The van der Waals surface area contributed by atoms with Crippen LogP contribution < -0.4 is 11.1 Å². The molecule has 0 saturated carbocycles. The minimum Gasteiger partial charge on any atom is -0.397 e. The van der Waals surface area contributed by atoms with Crippen LogP contribution in [0.3, 0.4) is 0 Å². The molecular formula is C12H8BrF3N2. The molecule has 0 aliphatic heterocycles. The van der Waals surface area contributed by atoms with E-state index in [1.54, 1.807) is 0 Å². The second-order valence-corrected chi connectivity index (χ2v) is 4.43. The normalized spacial score (nSPS) is 10.4. The van der Waals surface area contributed by atoms with Gasteiger partial charge in [0.05, 0.1) is 21.5 Å². The molecule has 0 aliphatic rings. The number of benzene rings is 2. The van der Waals surface area contributed by atoms with Gasteiger partial charge >= 0.3 is 0 Å². The number of rotatable bonds is 2. The van der Waals surface area contributed by atoms with E-state index in [1.165, 1.54) is 18.2 Å². The van der Waals surface area contributed by atoms with E-state index in [2.05, 4.69) is 21.2 Å². The van der Waals surface area contributed by atoms with E-state index >= 15 is 0 Å². The van der Waals surface area contributed by atoms with Gasteiger partial charge in [0.25, 0.3) is 0 Å². The lowest BCUT2D eigenvalue weighted by Crippen LogP contribution is -2.00. The molecule has 0 radical (unpaired) electrons. The van der Waals surface area contributed by atoms with Gasteiger partial charge in [-0.25, -0.2) is 13.2 Å². The minimum atomic E-state index is -1.04. The molecule has 0 heterocycles. The maximum absolute atomic E-state index is 13.4. The minimum absolute atomic E-state index is 0.108. The standard InChI is InChI=1S/C12H8BrF3N2/c13-6-4-9(17)11(5-8(6)15)18-10-3-1-2-7(14)12(10)16/h1-5,18H,17H2. The molecule has 0 atom stereocenters. The van der Waals surface area contributed by atoms with Gasteiger partial charge in [0.15, 0.2) is 11.6 Å². The Balaban J connectivity index is 2.40. The molecular weight excluding hydrogens is 309 g/mol. The summed E-state index contributed by atoms with van der Waals surface area (Å²) in [4.78, 5) is 0. The zero-order valence-electron chi connectivity index (χ0n) is 8.98. The van der Waals surface area contributed by atoms with Crippen LogP contribution in [0.25, 0.3) is 0 Å². The SMILES string of the molecule is Nc1cc(Br)c(F)cc1Nc1cccc(F)c1F. The van der Waals surface area contributed by atoms with Crippen molar-refractivity contribution < 1.29 is 13.2 Å². The molecule has 94 valence electrons.